The molecule has 0 aromatic carbocycles. The number of nitrogens with two attached hydrogens (primary N) is 1. The predicted octanol–water partition coefficient (Wildman–Crippen LogP) is 0.866. The molecule has 0 aliphatic heterocycles. The largest absolute Gasteiger partial charge is 0.325 e. The lowest BCUT2D eigenvalue weighted by molar-refractivity contribution is 0.844. The zero-order valence-corrected chi connectivity index (χ0v) is 7.85. The molecule has 0 fully saturated rings. The van der Waals surface area contributed by atoms with Crippen LogP contribution in [0.25, 0.3) is 4.96 Å². The van der Waals surface area contributed by atoms with E-state index >= 15 is 0 Å². The maximum absolute atomic E-state index is 5.57. The van der Waals surface area contributed by atoms with Crippen LogP contribution in [-0.2, 0) is 6.54 Å². The van der Waals surface area contributed by atoms with Crippen LogP contribution >= 0.6 is 11.3 Å². The van der Waals surface area contributed by atoms with Crippen molar-refractivity contribution < 1.29 is 0 Å². The highest BCUT2D eigenvalue weighted by molar-refractivity contribution is 7.16. The predicted molar refractivity (Wildman–Crippen MR) is 48.2 cm³/mol. The van der Waals surface area contributed by atoms with Gasteiger partial charge in [0, 0.05) is 6.54 Å². The Labute approximate surface area is 74.0 Å². The van der Waals surface area contributed by atoms with Crippen molar-refractivity contribution in [2.75, 3.05) is 0 Å². The van der Waals surface area contributed by atoms with Crippen molar-refractivity contribution in [1.29, 1.82) is 0 Å². The molecule has 0 unspecified atom stereocenters. The normalized spacial score (nSPS) is 11.2. The zero-order valence-electron chi connectivity index (χ0n) is 7.03. The van der Waals surface area contributed by atoms with E-state index in [1.807, 2.05) is 18.4 Å². The standard InChI is InChI=1S/C7H10N4S/c1-4-6(3-8)11-7(9-4)12-5(2)10-11/h3,8H2,1-2H3. The lowest BCUT2D eigenvalue weighted by atomic mass is 10.3. The van der Waals surface area contributed by atoms with Crippen LogP contribution in [0.5, 0.6) is 0 Å². The molecule has 4 nitrogen and oxygen atoms in total. The molecule has 64 valence electrons. The number of imidazole rings is 1. The minimum Gasteiger partial charge on any atom is -0.325 e. The van der Waals surface area contributed by atoms with Crippen LogP contribution < -0.4 is 5.73 Å². The average molecular weight is 182 g/mol. The number of hydrogen-bond donors (Lipinski definition) is 1. The fourth-order valence-electron chi connectivity index (χ4n) is 1.22. The van der Waals surface area contributed by atoms with E-state index < -0.39 is 0 Å². The molecule has 0 saturated heterocycles. The molecule has 12 heavy (non-hydrogen) atoms. The lowest BCUT2D eigenvalue weighted by Gasteiger charge is -1.92. The van der Waals surface area contributed by atoms with Crippen LogP contribution in [0, 0.1) is 13.8 Å². The summed E-state index contributed by atoms with van der Waals surface area (Å²) in [6.07, 6.45) is 0. The van der Waals surface area contributed by atoms with Crippen molar-refractivity contribution in [3.63, 3.8) is 0 Å². The Balaban J connectivity index is 2.78. The first kappa shape index (κ1) is 7.70. The van der Waals surface area contributed by atoms with Gasteiger partial charge >= 0.3 is 0 Å². The third-order valence-electron chi connectivity index (χ3n) is 1.79. The Morgan fingerprint density at radius 3 is 2.92 bits per heavy atom. The molecule has 0 amide bonds. The van der Waals surface area contributed by atoms with E-state index in [0.29, 0.717) is 6.54 Å². The summed E-state index contributed by atoms with van der Waals surface area (Å²) in [5.41, 5.74) is 7.57. The minimum atomic E-state index is 0.496. The van der Waals surface area contributed by atoms with Gasteiger partial charge in [-0.1, -0.05) is 11.3 Å². The minimum absolute atomic E-state index is 0.496. The highest BCUT2D eigenvalue weighted by atomic mass is 32.1. The smallest absolute Gasteiger partial charge is 0.212 e. The van der Waals surface area contributed by atoms with E-state index in [9.17, 15) is 0 Å². The molecule has 2 rings (SSSR count). The number of hydrogen-bond acceptors (Lipinski definition) is 4. The molecule has 0 bridgehead atoms. The first-order valence-electron chi connectivity index (χ1n) is 3.74. The summed E-state index contributed by atoms with van der Waals surface area (Å²) in [4.78, 5) is 5.28. The van der Waals surface area contributed by atoms with Gasteiger partial charge < -0.3 is 5.73 Å². The van der Waals surface area contributed by atoms with Crippen molar-refractivity contribution in [2.24, 2.45) is 5.73 Å². The van der Waals surface area contributed by atoms with Crippen LogP contribution in [0.15, 0.2) is 0 Å². The molecule has 0 aliphatic rings. The molecular formula is C7H10N4S. The zero-order chi connectivity index (χ0) is 8.72. The van der Waals surface area contributed by atoms with Gasteiger partial charge in [0.15, 0.2) is 0 Å². The van der Waals surface area contributed by atoms with Crippen LogP contribution in [0.2, 0.25) is 0 Å². The summed E-state index contributed by atoms with van der Waals surface area (Å²) in [5.74, 6) is 0. The maximum atomic E-state index is 5.57. The summed E-state index contributed by atoms with van der Waals surface area (Å²) in [5, 5.41) is 5.32. The van der Waals surface area contributed by atoms with Crippen LogP contribution in [0.1, 0.15) is 16.4 Å². The quantitative estimate of drug-likeness (QED) is 0.711. The highest BCUT2D eigenvalue weighted by Crippen LogP contribution is 2.16. The molecule has 0 spiro atoms. The maximum Gasteiger partial charge on any atom is 0.212 e. The Hall–Kier alpha value is -0.940. The van der Waals surface area contributed by atoms with Crippen molar-refractivity contribution in [2.45, 2.75) is 20.4 Å². The van der Waals surface area contributed by atoms with Gasteiger partial charge in [-0.3, -0.25) is 0 Å². The molecule has 5 heteroatoms. The Bertz CT molecular complexity index is 414. The summed E-state index contributed by atoms with van der Waals surface area (Å²) < 4.78 is 1.83. The van der Waals surface area contributed by atoms with Crippen molar-refractivity contribution in [1.82, 2.24) is 14.6 Å². The first-order valence-corrected chi connectivity index (χ1v) is 4.55. The third-order valence-corrected chi connectivity index (χ3v) is 2.61. The molecule has 0 radical (unpaired) electrons. The van der Waals surface area contributed by atoms with E-state index in [2.05, 4.69) is 10.1 Å². The topological polar surface area (TPSA) is 56.2 Å². The average Bonchev–Trinajstić information content (AvgIpc) is 2.43. The van der Waals surface area contributed by atoms with Crippen LogP contribution in [0.3, 0.4) is 0 Å². The number of nitrogens with zero attached hydrogens (tertiary/aromatic N) is 3. The van der Waals surface area contributed by atoms with Gasteiger partial charge in [-0.05, 0) is 13.8 Å². The van der Waals surface area contributed by atoms with Crippen molar-refractivity contribution in [3.05, 3.63) is 16.4 Å². The van der Waals surface area contributed by atoms with E-state index in [1.54, 1.807) is 11.3 Å². The Morgan fingerprint density at radius 2 is 2.25 bits per heavy atom. The number of aromatic nitrogens is 3. The molecule has 0 aliphatic carbocycles. The Kier molecular flexibility index (Phi) is 1.62. The second-order valence-corrected chi connectivity index (χ2v) is 3.82. The van der Waals surface area contributed by atoms with Gasteiger partial charge in [0.2, 0.25) is 4.96 Å². The van der Waals surface area contributed by atoms with Crippen molar-refractivity contribution in [3.8, 4) is 0 Å². The summed E-state index contributed by atoms with van der Waals surface area (Å²) in [7, 11) is 0. The van der Waals surface area contributed by atoms with Crippen LogP contribution in [0.4, 0.5) is 0 Å². The second kappa shape index (κ2) is 2.53. The fourth-order valence-corrected chi connectivity index (χ4v) is 2.03. The van der Waals surface area contributed by atoms with Gasteiger partial charge in [-0.15, -0.1) is 0 Å². The van der Waals surface area contributed by atoms with Crippen molar-refractivity contribution >= 4 is 16.3 Å². The van der Waals surface area contributed by atoms with Gasteiger partial charge in [0.1, 0.15) is 5.01 Å². The second-order valence-electron chi connectivity index (χ2n) is 2.66. The molecular weight excluding hydrogens is 172 g/mol. The van der Waals surface area contributed by atoms with Gasteiger partial charge in [0.25, 0.3) is 0 Å². The van der Waals surface area contributed by atoms with Gasteiger partial charge in [-0.2, -0.15) is 5.10 Å². The number of rotatable bonds is 1. The van der Waals surface area contributed by atoms with Gasteiger partial charge in [0.05, 0.1) is 11.4 Å². The Morgan fingerprint density at radius 1 is 1.50 bits per heavy atom. The SMILES string of the molecule is Cc1nn2c(CN)c(C)nc2s1. The lowest BCUT2D eigenvalue weighted by Crippen LogP contribution is -2.03. The summed E-state index contributed by atoms with van der Waals surface area (Å²) in [6, 6.07) is 0. The first-order chi connectivity index (χ1) is 5.72. The summed E-state index contributed by atoms with van der Waals surface area (Å²) in [6.45, 7) is 4.42. The molecule has 2 heterocycles. The molecule has 2 aromatic rings. The third kappa shape index (κ3) is 0.937. The monoisotopic (exact) mass is 182 g/mol. The van der Waals surface area contributed by atoms with E-state index in [4.69, 9.17) is 5.73 Å². The molecule has 2 N–H and O–H groups in total. The van der Waals surface area contributed by atoms with E-state index in [-0.39, 0.29) is 0 Å². The van der Waals surface area contributed by atoms with Crippen LogP contribution in [-0.4, -0.2) is 14.6 Å². The molecule has 0 saturated carbocycles. The van der Waals surface area contributed by atoms with Gasteiger partial charge in [-0.25, -0.2) is 9.50 Å². The summed E-state index contributed by atoms with van der Waals surface area (Å²) >= 11 is 1.59. The number of aryl methyl sites for hydroxylation is 2. The molecule has 0 atom stereocenters. The molecule has 2 aromatic heterocycles. The van der Waals surface area contributed by atoms with E-state index in [0.717, 1.165) is 21.4 Å². The fraction of sp³-hybridized carbons (Fsp3) is 0.429. The van der Waals surface area contributed by atoms with E-state index in [1.165, 1.54) is 0 Å². The highest BCUT2D eigenvalue weighted by Gasteiger charge is 2.09. The number of fused-ring (bicyclic) bond motifs is 1.